The van der Waals surface area contributed by atoms with Crippen molar-refractivity contribution in [2.75, 3.05) is 16.8 Å². The number of nitriles is 2. The van der Waals surface area contributed by atoms with Crippen LogP contribution in [0.5, 0.6) is 5.95 Å². The summed E-state index contributed by atoms with van der Waals surface area (Å²) in [6.07, 6.45) is 0. The van der Waals surface area contributed by atoms with Crippen molar-refractivity contribution in [3.63, 3.8) is 0 Å². The molecule has 4 rings (SSSR count). The number of pyridine rings is 1. The second-order valence-electron chi connectivity index (χ2n) is 6.88. The third kappa shape index (κ3) is 4.13. The molecule has 0 radical (unpaired) electrons. The van der Waals surface area contributed by atoms with Crippen molar-refractivity contribution in [3.8, 4) is 29.3 Å². The van der Waals surface area contributed by atoms with Crippen molar-refractivity contribution in [2.45, 2.75) is 5.03 Å². The van der Waals surface area contributed by atoms with Crippen LogP contribution in [0.2, 0.25) is 0 Å². The normalized spacial score (nSPS) is 10.5. The molecule has 2 heterocycles. The van der Waals surface area contributed by atoms with Crippen LogP contribution in [0.3, 0.4) is 0 Å². The molecule has 0 spiro atoms. The van der Waals surface area contributed by atoms with E-state index in [1.54, 1.807) is 6.07 Å². The highest BCUT2D eigenvalue weighted by molar-refractivity contribution is 8.00. The molecule has 0 fully saturated rings. The number of anilines is 2. The van der Waals surface area contributed by atoms with E-state index in [1.165, 1.54) is 7.05 Å². The Morgan fingerprint density at radius 3 is 2.61 bits per heavy atom. The molecule has 0 saturated carbocycles. The van der Waals surface area contributed by atoms with Gasteiger partial charge >= 0.3 is 0 Å². The summed E-state index contributed by atoms with van der Waals surface area (Å²) in [6.45, 7) is 0. The number of nitrogens with one attached hydrogen (secondary N) is 1. The number of hydrogen-bond donors (Lipinski definition) is 2. The van der Waals surface area contributed by atoms with Crippen LogP contribution in [-0.2, 0) is 11.8 Å². The molecule has 2 aromatic heterocycles. The summed E-state index contributed by atoms with van der Waals surface area (Å²) in [5.41, 5.74) is 6.20. The van der Waals surface area contributed by atoms with Crippen molar-refractivity contribution in [2.24, 2.45) is 7.05 Å². The number of fused-ring (bicyclic) bond motifs is 1. The summed E-state index contributed by atoms with van der Waals surface area (Å²) < 4.78 is 5.74. The van der Waals surface area contributed by atoms with Gasteiger partial charge in [-0.2, -0.15) is 10.5 Å². The molecule has 33 heavy (non-hydrogen) atoms. The van der Waals surface area contributed by atoms with E-state index in [0.717, 1.165) is 27.2 Å². The number of carbonyl (C=O) groups is 1. The van der Waals surface area contributed by atoms with Gasteiger partial charge in [0.1, 0.15) is 28.5 Å². The van der Waals surface area contributed by atoms with E-state index in [0.29, 0.717) is 5.69 Å². The SMILES string of the molecule is C[n+]1noc([O-])c1-c1c(C#N)c(N)nc(SCC(=O)Nc2ccc3ccccc3c2)c1C#N. The number of nitrogen functional groups attached to an aromatic ring is 1. The number of aromatic nitrogens is 3. The van der Waals surface area contributed by atoms with Crippen molar-refractivity contribution < 1.29 is 19.1 Å². The molecule has 3 N–H and O–H groups in total. The maximum atomic E-state index is 12.5. The lowest BCUT2D eigenvalue weighted by Gasteiger charge is -2.11. The first kappa shape index (κ1) is 21.6. The van der Waals surface area contributed by atoms with Gasteiger partial charge in [-0.3, -0.25) is 4.79 Å². The van der Waals surface area contributed by atoms with Gasteiger partial charge in [0.05, 0.1) is 22.2 Å². The van der Waals surface area contributed by atoms with E-state index in [4.69, 9.17) is 5.73 Å². The molecule has 0 saturated heterocycles. The average Bonchev–Trinajstić information content (AvgIpc) is 3.14. The Kier molecular flexibility index (Phi) is 5.81. The number of aryl methyl sites for hydroxylation is 1. The molecule has 0 aliphatic heterocycles. The predicted molar refractivity (Wildman–Crippen MR) is 118 cm³/mol. The van der Waals surface area contributed by atoms with E-state index in [1.807, 2.05) is 48.5 Å². The number of benzene rings is 2. The van der Waals surface area contributed by atoms with Gasteiger partial charge in [0, 0.05) is 5.69 Å². The number of amides is 1. The van der Waals surface area contributed by atoms with Gasteiger partial charge in [0.25, 0.3) is 5.69 Å². The maximum Gasteiger partial charge on any atom is 0.266 e. The quantitative estimate of drug-likeness (QED) is 0.335. The fraction of sp³-hybridized carbons (Fsp3) is 0.0909. The molecular formula is C22H15N7O3S. The second kappa shape index (κ2) is 8.86. The van der Waals surface area contributed by atoms with Crippen LogP contribution in [0.15, 0.2) is 52.0 Å². The minimum absolute atomic E-state index is 0.0290. The Hall–Kier alpha value is -4.61. The van der Waals surface area contributed by atoms with Gasteiger partial charge in [-0.05, 0) is 22.9 Å². The van der Waals surface area contributed by atoms with Crippen LogP contribution in [0.1, 0.15) is 11.1 Å². The monoisotopic (exact) mass is 457 g/mol. The predicted octanol–water partition coefficient (Wildman–Crippen LogP) is 1.84. The van der Waals surface area contributed by atoms with E-state index in [9.17, 15) is 20.4 Å². The van der Waals surface area contributed by atoms with Crippen molar-refractivity contribution in [1.29, 1.82) is 10.5 Å². The van der Waals surface area contributed by atoms with E-state index < -0.39 is 5.95 Å². The summed E-state index contributed by atoms with van der Waals surface area (Å²) in [7, 11) is 1.43. The first-order chi connectivity index (χ1) is 15.9. The minimum Gasteiger partial charge on any atom is -0.539 e. The molecule has 4 aromatic rings. The highest BCUT2D eigenvalue weighted by atomic mass is 32.2. The Balaban J connectivity index is 1.62. The standard InChI is InChI=1S/C22H15N7O3S/c1-29-19(22(31)32-28-29)18-15(9-23)20(25)27-21(16(18)10-24)33-11-17(30)26-14-7-6-12-4-2-3-5-13(12)8-14/h2-8H,11H2,1H3,(H3-,25,26,27,28,30,31). The summed E-state index contributed by atoms with van der Waals surface area (Å²) in [4.78, 5) is 16.7. The maximum absolute atomic E-state index is 12.5. The van der Waals surface area contributed by atoms with E-state index in [2.05, 4.69) is 20.1 Å². The van der Waals surface area contributed by atoms with Crippen LogP contribution in [0, 0.1) is 22.7 Å². The summed E-state index contributed by atoms with van der Waals surface area (Å²) in [6, 6.07) is 17.1. The number of nitrogens with two attached hydrogens (primary N) is 1. The van der Waals surface area contributed by atoms with Crippen LogP contribution < -0.4 is 20.8 Å². The molecule has 0 atom stereocenters. The first-order valence-corrected chi connectivity index (χ1v) is 10.5. The Morgan fingerprint density at radius 1 is 1.21 bits per heavy atom. The molecule has 10 nitrogen and oxygen atoms in total. The molecule has 0 aliphatic rings. The second-order valence-corrected chi connectivity index (χ2v) is 7.85. The van der Waals surface area contributed by atoms with Gasteiger partial charge in [-0.15, -0.1) is 0 Å². The van der Waals surface area contributed by atoms with Crippen LogP contribution in [0.4, 0.5) is 11.5 Å². The fourth-order valence-electron chi connectivity index (χ4n) is 3.32. The molecular weight excluding hydrogens is 442 g/mol. The summed E-state index contributed by atoms with van der Waals surface area (Å²) >= 11 is 0.962. The zero-order valence-electron chi connectivity index (χ0n) is 17.2. The van der Waals surface area contributed by atoms with Crippen molar-refractivity contribution in [1.82, 2.24) is 10.3 Å². The molecule has 162 valence electrons. The number of carbonyl (C=O) groups excluding carboxylic acids is 1. The highest BCUT2D eigenvalue weighted by Gasteiger charge is 2.29. The largest absolute Gasteiger partial charge is 0.539 e. The Morgan fingerprint density at radius 2 is 1.94 bits per heavy atom. The van der Waals surface area contributed by atoms with Crippen molar-refractivity contribution in [3.05, 3.63) is 53.6 Å². The smallest absolute Gasteiger partial charge is 0.266 e. The summed E-state index contributed by atoms with van der Waals surface area (Å²) in [5, 5.41) is 39.9. The van der Waals surface area contributed by atoms with Crippen molar-refractivity contribution >= 4 is 39.9 Å². The summed E-state index contributed by atoms with van der Waals surface area (Å²) in [5.74, 6) is -1.42. The number of nitrogens with zero attached hydrogens (tertiary/aromatic N) is 5. The fourth-order valence-corrected chi connectivity index (χ4v) is 4.11. The highest BCUT2D eigenvalue weighted by Crippen LogP contribution is 2.36. The third-order valence-electron chi connectivity index (χ3n) is 4.79. The lowest BCUT2D eigenvalue weighted by molar-refractivity contribution is -0.730. The van der Waals surface area contributed by atoms with Gasteiger partial charge in [0.2, 0.25) is 5.91 Å². The topological polar surface area (TPSA) is 169 Å². The number of thioether (sulfide) groups is 1. The van der Waals surface area contributed by atoms with Crippen LogP contribution >= 0.6 is 11.8 Å². The lowest BCUT2D eigenvalue weighted by Crippen LogP contribution is -2.32. The van der Waals surface area contributed by atoms with E-state index >= 15 is 0 Å². The molecule has 0 aliphatic carbocycles. The van der Waals surface area contributed by atoms with Gasteiger partial charge < -0.3 is 20.7 Å². The van der Waals surface area contributed by atoms with Crippen LogP contribution in [-0.4, -0.2) is 21.9 Å². The van der Waals surface area contributed by atoms with Gasteiger partial charge in [-0.1, -0.05) is 46.8 Å². The first-order valence-electron chi connectivity index (χ1n) is 9.51. The lowest BCUT2D eigenvalue weighted by atomic mass is 10.0. The van der Waals surface area contributed by atoms with Gasteiger partial charge in [0.15, 0.2) is 13.0 Å². The average molecular weight is 457 g/mol. The number of hydrogen-bond acceptors (Lipinski definition) is 9. The Bertz CT molecular complexity index is 1460. The molecule has 11 heteroatoms. The van der Waals surface area contributed by atoms with E-state index in [-0.39, 0.29) is 44.9 Å². The third-order valence-corrected chi connectivity index (χ3v) is 5.76. The zero-order chi connectivity index (χ0) is 23.5. The van der Waals surface area contributed by atoms with Crippen LogP contribution in [0.25, 0.3) is 22.0 Å². The molecule has 2 aromatic carbocycles. The van der Waals surface area contributed by atoms with Gasteiger partial charge in [-0.25, -0.2) is 4.98 Å². The Labute approximate surface area is 191 Å². The molecule has 1 amide bonds. The minimum atomic E-state index is -0.832. The zero-order valence-corrected chi connectivity index (χ0v) is 18.0. The molecule has 0 unspecified atom stereocenters. The number of rotatable bonds is 5. The molecule has 0 bridgehead atoms.